The molecule has 0 aromatic heterocycles. The van der Waals surface area contributed by atoms with Crippen molar-refractivity contribution in [1.29, 1.82) is 0 Å². The zero-order valence-corrected chi connectivity index (χ0v) is 13.6. The number of aliphatic carboxylic acids is 1. The minimum Gasteiger partial charge on any atom is -0.481 e. The summed E-state index contributed by atoms with van der Waals surface area (Å²) < 4.78 is 0.953. The van der Waals surface area contributed by atoms with Gasteiger partial charge in [0, 0.05) is 25.5 Å². The molecule has 2 aromatic carbocycles. The van der Waals surface area contributed by atoms with Crippen LogP contribution in [0.15, 0.2) is 52.3 Å². The van der Waals surface area contributed by atoms with Gasteiger partial charge in [-0.2, -0.15) is 0 Å². The van der Waals surface area contributed by atoms with Gasteiger partial charge in [-0.05, 0) is 52.4 Å². The van der Waals surface area contributed by atoms with E-state index < -0.39 is 10.9 Å². The molecule has 5 nitrogen and oxygen atoms in total. The standard InChI is InChI=1S/C14H10INO4S/c15-12-7-9(8-14(17)18)1-6-13(12)21-11-4-2-10(3-5-11)16(19)20/h1-7H,8H2,(H,17,18). The van der Waals surface area contributed by atoms with E-state index >= 15 is 0 Å². The monoisotopic (exact) mass is 415 g/mol. The second-order valence-corrected chi connectivity index (χ2v) is 6.47. The van der Waals surface area contributed by atoms with Crippen LogP contribution in [-0.4, -0.2) is 16.0 Å². The van der Waals surface area contributed by atoms with E-state index in [4.69, 9.17) is 5.11 Å². The van der Waals surface area contributed by atoms with Crippen LogP contribution in [0.25, 0.3) is 0 Å². The van der Waals surface area contributed by atoms with Gasteiger partial charge in [0.1, 0.15) is 0 Å². The molecular formula is C14H10INO4S. The van der Waals surface area contributed by atoms with Crippen LogP contribution in [0.1, 0.15) is 5.56 Å². The molecule has 108 valence electrons. The summed E-state index contributed by atoms with van der Waals surface area (Å²) in [5.74, 6) is -0.860. The van der Waals surface area contributed by atoms with E-state index in [0.29, 0.717) is 0 Å². The number of hydrogen-bond donors (Lipinski definition) is 1. The number of nitro groups is 1. The summed E-state index contributed by atoms with van der Waals surface area (Å²) in [6.45, 7) is 0. The lowest BCUT2D eigenvalue weighted by molar-refractivity contribution is -0.384. The van der Waals surface area contributed by atoms with E-state index in [9.17, 15) is 14.9 Å². The molecule has 0 aliphatic rings. The highest BCUT2D eigenvalue weighted by molar-refractivity contribution is 14.1. The fourth-order valence-corrected chi connectivity index (χ4v) is 3.40. The van der Waals surface area contributed by atoms with Crippen LogP contribution in [0.3, 0.4) is 0 Å². The Hall–Kier alpha value is -1.61. The molecule has 2 aromatic rings. The molecule has 0 radical (unpaired) electrons. The normalized spacial score (nSPS) is 10.3. The molecule has 2 rings (SSSR count). The SMILES string of the molecule is O=C(O)Cc1ccc(Sc2ccc([N+](=O)[O-])cc2)c(I)c1. The van der Waals surface area contributed by atoms with Crippen LogP contribution in [-0.2, 0) is 11.2 Å². The maximum atomic E-state index is 10.7. The Kier molecular flexibility index (Phi) is 5.18. The Morgan fingerprint density at radius 3 is 2.43 bits per heavy atom. The number of rotatable bonds is 5. The number of halogens is 1. The molecule has 0 unspecified atom stereocenters. The Bertz CT molecular complexity index is 688. The Labute approximate surface area is 138 Å². The molecule has 7 heteroatoms. The highest BCUT2D eigenvalue weighted by Crippen LogP contribution is 2.32. The van der Waals surface area contributed by atoms with Gasteiger partial charge in [0.2, 0.25) is 0 Å². The van der Waals surface area contributed by atoms with Crippen molar-refractivity contribution in [2.75, 3.05) is 0 Å². The molecular weight excluding hydrogens is 405 g/mol. The van der Waals surface area contributed by atoms with Crippen LogP contribution in [0.5, 0.6) is 0 Å². The average molecular weight is 415 g/mol. The first kappa shape index (κ1) is 15.8. The van der Waals surface area contributed by atoms with Gasteiger partial charge in [-0.3, -0.25) is 14.9 Å². The van der Waals surface area contributed by atoms with Gasteiger partial charge in [-0.15, -0.1) is 0 Å². The first-order valence-electron chi connectivity index (χ1n) is 5.88. The number of nitro benzene ring substituents is 1. The lowest BCUT2D eigenvalue weighted by atomic mass is 10.2. The maximum absolute atomic E-state index is 10.7. The number of benzene rings is 2. The summed E-state index contributed by atoms with van der Waals surface area (Å²) in [5.41, 5.74) is 0.811. The Morgan fingerprint density at radius 2 is 1.90 bits per heavy atom. The summed E-state index contributed by atoms with van der Waals surface area (Å²) in [6, 6.07) is 11.8. The van der Waals surface area contributed by atoms with Gasteiger partial charge >= 0.3 is 5.97 Å². The highest BCUT2D eigenvalue weighted by Gasteiger charge is 2.08. The van der Waals surface area contributed by atoms with Crippen LogP contribution < -0.4 is 0 Å². The summed E-state index contributed by atoms with van der Waals surface area (Å²) in [5, 5.41) is 19.4. The Balaban J connectivity index is 2.15. The van der Waals surface area contributed by atoms with E-state index in [0.717, 1.165) is 18.9 Å². The number of carbonyl (C=O) groups is 1. The molecule has 0 aliphatic heterocycles. The van der Waals surface area contributed by atoms with E-state index in [2.05, 4.69) is 22.6 Å². The van der Waals surface area contributed by atoms with Crippen molar-refractivity contribution in [3.8, 4) is 0 Å². The van der Waals surface area contributed by atoms with Gasteiger partial charge in [-0.25, -0.2) is 0 Å². The van der Waals surface area contributed by atoms with Gasteiger partial charge < -0.3 is 5.11 Å². The summed E-state index contributed by atoms with van der Waals surface area (Å²) >= 11 is 3.64. The fraction of sp³-hybridized carbons (Fsp3) is 0.0714. The third kappa shape index (κ3) is 4.43. The van der Waals surface area contributed by atoms with Crippen molar-refractivity contribution >= 4 is 46.0 Å². The molecule has 0 saturated heterocycles. The topological polar surface area (TPSA) is 80.4 Å². The summed E-state index contributed by atoms with van der Waals surface area (Å²) in [6.07, 6.45) is -0.00151. The van der Waals surface area contributed by atoms with Crippen molar-refractivity contribution in [2.24, 2.45) is 0 Å². The maximum Gasteiger partial charge on any atom is 0.307 e. The van der Waals surface area contributed by atoms with Crippen molar-refractivity contribution in [3.05, 3.63) is 61.7 Å². The van der Waals surface area contributed by atoms with Crippen molar-refractivity contribution < 1.29 is 14.8 Å². The van der Waals surface area contributed by atoms with E-state index in [-0.39, 0.29) is 12.1 Å². The van der Waals surface area contributed by atoms with Crippen molar-refractivity contribution in [1.82, 2.24) is 0 Å². The molecule has 0 atom stereocenters. The second-order valence-electron chi connectivity index (χ2n) is 4.19. The predicted octanol–water partition coefficient (Wildman–Crippen LogP) is 3.98. The molecule has 0 aliphatic carbocycles. The minimum absolute atomic E-state index is 0.00151. The quantitative estimate of drug-likeness (QED) is 0.454. The van der Waals surface area contributed by atoms with Gasteiger partial charge in [0.05, 0.1) is 11.3 Å². The van der Waals surface area contributed by atoms with Crippen LogP contribution in [0, 0.1) is 13.7 Å². The second kappa shape index (κ2) is 6.90. The smallest absolute Gasteiger partial charge is 0.307 e. The van der Waals surface area contributed by atoms with Gasteiger partial charge in [-0.1, -0.05) is 17.8 Å². The number of nitrogens with zero attached hydrogens (tertiary/aromatic N) is 1. The van der Waals surface area contributed by atoms with Crippen LogP contribution in [0.4, 0.5) is 5.69 Å². The Morgan fingerprint density at radius 1 is 1.24 bits per heavy atom. The van der Waals surface area contributed by atoms with Crippen molar-refractivity contribution in [2.45, 2.75) is 16.2 Å². The zero-order valence-electron chi connectivity index (χ0n) is 10.7. The first-order valence-corrected chi connectivity index (χ1v) is 7.78. The molecule has 1 N–H and O–H groups in total. The average Bonchev–Trinajstić information content (AvgIpc) is 2.42. The molecule has 0 saturated carbocycles. The molecule has 0 heterocycles. The van der Waals surface area contributed by atoms with Crippen LogP contribution in [0.2, 0.25) is 0 Å². The highest BCUT2D eigenvalue weighted by atomic mass is 127. The molecule has 21 heavy (non-hydrogen) atoms. The molecule has 0 spiro atoms. The van der Waals surface area contributed by atoms with Gasteiger partial charge in [0.25, 0.3) is 5.69 Å². The largest absolute Gasteiger partial charge is 0.481 e. The summed E-state index contributed by atoms with van der Waals surface area (Å²) in [4.78, 5) is 22.7. The van der Waals surface area contributed by atoms with Crippen LogP contribution >= 0.6 is 34.4 Å². The third-order valence-electron chi connectivity index (χ3n) is 2.63. The molecule has 0 amide bonds. The predicted molar refractivity (Wildman–Crippen MR) is 87.7 cm³/mol. The lowest BCUT2D eigenvalue weighted by Gasteiger charge is -2.06. The minimum atomic E-state index is -0.860. The zero-order chi connectivity index (χ0) is 15.4. The lowest BCUT2D eigenvalue weighted by Crippen LogP contribution is -2.00. The number of carboxylic acid groups (broad SMARTS) is 1. The third-order valence-corrected chi connectivity index (χ3v) is 4.97. The van der Waals surface area contributed by atoms with E-state index in [1.54, 1.807) is 18.2 Å². The first-order chi connectivity index (χ1) is 9.95. The van der Waals surface area contributed by atoms with E-state index in [1.165, 1.54) is 23.9 Å². The number of non-ortho nitro benzene ring substituents is 1. The molecule has 0 fully saturated rings. The summed E-state index contributed by atoms with van der Waals surface area (Å²) in [7, 11) is 0. The number of hydrogen-bond acceptors (Lipinski definition) is 4. The van der Waals surface area contributed by atoms with E-state index in [1.807, 2.05) is 12.1 Å². The van der Waals surface area contributed by atoms with Gasteiger partial charge in [0.15, 0.2) is 0 Å². The van der Waals surface area contributed by atoms with Crippen molar-refractivity contribution in [3.63, 3.8) is 0 Å². The number of carboxylic acids is 1. The molecule has 0 bridgehead atoms. The fourth-order valence-electron chi connectivity index (χ4n) is 1.67.